The standard InChI is InChI=1S/C25H22N2O4S/c1-31-20-13-11-19(12-14-20)27-32(29,30)24-16-15-23(21-9-5-6-10-22(21)24)26-25(28)17-18-7-3-2-4-8-18/h2-16,27H,17H2,1H3,(H,26,28). The smallest absolute Gasteiger partial charge is 0.262 e. The highest BCUT2D eigenvalue weighted by Crippen LogP contribution is 2.31. The first-order chi connectivity index (χ1) is 15.5. The molecule has 162 valence electrons. The molecule has 0 bridgehead atoms. The molecule has 6 nitrogen and oxygen atoms in total. The van der Waals surface area contributed by atoms with Crippen LogP contribution in [0.5, 0.6) is 5.75 Å². The predicted octanol–water partition coefficient (Wildman–Crippen LogP) is 4.83. The molecular formula is C25H22N2O4S. The van der Waals surface area contributed by atoms with Crippen molar-refractivity contribution in [3.8, 4) is 5.75 Å². The average Bonchev–Trinajstić information content (AvgIpc) is 2.80. The summed E-state index contributed by atoms with van der Waals surface area (Å²) in [6, 6.07) is 26.3. The maximum Gasteiger partial charge on any atom is 0.262 e. The van der Waals surface area contributed by atoms with Crippen LogP contribution >= 0.6 is 0 Å². The van der Waals surface area contributed by atoms with Crippen molar-refractivity contribution in [3.05, 3.63) is 96.6 Å². The molecule has 0 aliphatic carbocycles. The van der Waals surface area contributed by atoms with Crippen LogP contribution in [0.3, 0.4) is 0 Å². The number of methoxy groups -OCH3 is 1. The molecule has 7 heteroatoms. The second-order valence-electron chi connectivity index (χ2n) is 7.20. The molecule has 2 N–H and O–H groups in total. The Morgan fingerprint density at radius 1 is 0.812 bits per heavy atom. The number of fused-ring (bicyclic) bond motifs is 1. The lowest BCUT2D eigenvalue weighted by molar-refractivity contribution is -0.115. The Morgan fingerprint density at radius 3 is 2.16 bits per heavy atom. The number of hydrogen-bond donors (Lipinski definition) is 2. The average molecular weight is 447 g/mol. The van der Waals surface area contributed by atoms with Crippen molar-refractivity contribution in [2.45, 2.75) is 11.3 Å². The van der Waals surface area contributed by atoms with Gasteiger partial charge in [-0.2, -0.15) is 0 Å². The van der Waals surface area contributed by atoms with Gasteiger partial charge in [-0.1, -0.05) is 54.6 Å². The third-order valence-corrected chi connectivity index (χ3v) is 6.44. The molecule has 4 aromatic carbocycles. The summed E-state index contributed by atoms with van der Waals surface area (Å²) >= 11 is 0. The van der Waals surface area contributed by atoms with E-state index in [0.29, 0.717) is 27.9 Å². The first-order valence-corrected chi connectivity index (χ1v) is 11.5. The second-order valence-corrected chi connectivity index (χ2v) is 8.85. The number of carbonyl (C=O) groups excluding carboxylic acids is 1. The van der Waals surface area contributed by atoms with Crippen LogP contribution in [0.2, 0.25) is 0 Å². The molecule has 0 aliphatic heterocycles. The number of benzene rings is 4. The van der Waals surface area contributed by atoms with E-state index >= 15 is 0 Å². The van der Waals surface area contributed by atoms with E-state index in [-0.39, 0.29) is 17.2 Å². The van der Waals surface area contributed by atoms with E-state index in [2.05, 4.69) is 10.0 Å². The molecule has 0 radical (unpaired) electrons. The summed E-state index contributed by atoms with van der Waals surface area (Å²) in [7, 11) is -2.31. The molecule has 4 aromatic rings. The molecule has 0 unspecified atom stereocenters. The van der Waals surface area contributed by atoms with Gasteiger partial charge in [-0.05, 0) is 42.0 Å². The van der Waals surface area contributed by atoms with Gasteiger partial charge in [0.05, 0.1) is 18.4 Å². The number of sulfonamides is 1. The SMILES string of the molecule is COc1ccc(NS(=O)(=O)c2ccc(NC(=O)Cc3ccccc3)c3ccccc23)cc1. The number of carbonyl (C=O) groups is 1. The Labute approximate surface area is 186 Å². The van der Waals surface area contributed by atoms with Gasteiger partial charge in [-0.25, -0.2) is 8.42 Å². The van der Waals surface area contributed by atoms with Crippen LogP contribution in [0.25, 0.3) is 10.8 Å². The van der Waals surface area contributed by atoms with Gasteiger partial charge in [-0.3, -0.25) is 9.52 Å². The molecule has 0 aliphatic rings. The van der Waals surface area contributed by atoms with Crippen molar-refractivity contribution in [2.24, 2.45) is 0 Å². The first kappa shape index (κ1) is 21.4. The molecule has 0 spiro atoms. The fourth-order valence-electron chi connectivity index (χ4n) is 3.46. The van der Waals surface area contributed by atoms with Crippen LogP contribution in [0.1, 0.15) is 5.56 Å². The molecule has 1 amide bonds. The largest absolute Gasteiger partial charge is 0.497 e. The van der Waals surface area contributed by atoms with E-state index in [9.17, 15) is 13.2 Å². The van der Waals surface area contributed by atoms with Crippen LogP contribution in [0.4, 0.5) is 11.4 Å². The van der Waals surface area contributed by atoms with Crippen molar-refractivity contribution in [1.29, 1.82) is 0 Å². The fraction of sp³-hybridized carbons (Fsp3) is 0.0800. The molecule has 0 saturated heterocycles. The first-order valence-electron chi connectivity index (χ1n) is 9.99. The van der Waals surface area contributed by atoms with Crippen molar-refractivity contribution in [2.75, 3.05) is 17.1 Å². The minimum absolute atomic E-state index is 0.130. The molecule has 0 heterocycles. The second kappa shape index (κ2) is 9.11. The van der Waals surface area contributed by atoms with Crippen LogP contribution < -0.4 is 14.8 Å². The maximum atomic E-state index is 13.1. The van der Waals surface area contributed by atoms with E-state index in [1.54, 1.807) is 55.6 Å². The molecular weight excluding hydrogens is 424 g/mol. The zero-order valence-corrected chi connectivity index (χ0v) is 18.2. The van der Waals surface area contributed by atoms with Gasteiger partial charge >= 0.3 is 0 Å². The van der Waals surface area contributed by atoms with Gasteiger partial charge in [0.2, 0.25) is 5.91 Å². The highest BCUT2D eigenvalue weighted by atomic mass is 32.2. The lowest BCUT2D eigenvalue weighted by Gasteiger charge is -2.14. The van der Waals surface area contributed by atoms with Crippen LogP contribution in [-0.2, 0) is 21.2 Å². The van der Waals surface area contributed by atoms with Crippen LogP contribution in [0, 0.1) is 0 Å². The Kier molecular flexibility index (Phi) is 6.09. The van der Waals surface area contributed by atoms with Gasteiger partial charge < -0.3 is 10.1 Å². The normalized spacial score (nSPS) is 11.2. The molecule has 0 aromatic heterocycles. The van der Waals surface area contributed by atoms with E-state index in [0.717, 1.165) is 5.56 Å². The van der Waals surface area contributed by atoms with Gasteiger partial charge in [0.15, 0.2) is 0 Å². The zero-order valence-electron chi connectivity index (χ0n) is 17.4. The third-order valence-electron chi connectivity index (χ3n) is 5.00. The monoisotopic (exact) mass is 446 g/mol. The van der Waals surface area contributed by atoms with Crippen molar-refractivity contribution < 1.29 is 17.9 Å². The zero-order chi connectivity index (χ0) is 22.6. The third kappa shape index (κ3) is 4.73. The predicted molar refractivity (Wildman–Crippen MR) is 127 cm³/mol. The summed E-state index contributed by atoms with van der Waals surface area (Å²) in [6.07, 6.45) is 0.230. The van der Waals surface area contributed by atoms with Crippen molar-refractivity contribution in [3.63, 3.8) is 0 Å². The Bertz CT molecular complexity index is 1350. The summed E-state index contributed by atoms with van der Waals surface area (Å²) in [5.74, 6) is 0.460. The number of anilines is 2. The van der Waals surface area contributed by atoms with Crippen LogP contribution in [-0.4, -0.2) is 21.4 Å². The fourth-order valence-corrected chi connectivity index (χ4v) is 4.73. The summed E-state index contributed by atoms with van der Waals surface area (Å²) in [4.78, 5) is 12.7. The molecule has 0 saturated carbocycles. The van der Waals surface area contributed by atoms with Gasteiger partial charge in [0.1, 0.15) is 5.75 Å². The number of amides is 1. The maximum absolute atomic E-state index is 13.1. The Hall–Kier alpha value is -3.84. The van der Waals surface area contributed by atoms with Crippen molar-refractivity contribution >= 4 is 38.1 Å². The highest BCUT2D eigenvalue weighted by Gasteiger charge is 2.19. The quantitative estimate of drug-likeness (QED) is 0.426. The molecule has 4 rings (SSSR count). The van der Waals surface area contributed by atoms with Gasteiger partial charge in [0.25, 0.3) is 10.0 Å². The molecule has 0 fully saturated rings. The van der Waals surface area contributed by atoms with Gasteiger partial charge in [-0.15, -0.1) is 0 Å². The Balaban J connectivity index is 1.63. The summed E-state index contributed by atoms with van der Waals surface area (Å²) < 4.78 is 33.9. The Morgan fingerprint density at radius 2 is 1.47 bits per heavy atom. The lowest BCUT2D eigenvalue weighted by atomic mass is 10.1. The number of ether oxygens (including phenoxy) is 1. The number of rotatable bonds is 7. The summed E-state index contributed by atoms with van der Waals surface area (Å²) in [5.41, 5.74) is 1.89. The van der Waals surface area contributed by atoms with E-state index in [1.807, 2.05) is 36.4 Å². The van der Waals surface area contributed by atoms with E-state index < -0.39 is 10.0 Å². The summed E-state index contributed by atoms with van der Waals surface area (Å²) in [6.45, 7) is 0. The van der Waals surface area contributed by atoms with Gasteiger partial charge in [0, 0.05) is 22.1 Å². The highest BCUT2D eigenvalue weighted by molar-refractivity contribution is 7.93. The number of nitrogens with one attached hydrogen (secondary N) is 2. The molecule has 32 heavy (non-hydrogen) atoms. The lowest BCUT2D eigenvalue weighted by Crippen LogP contribution is -2.16. The van der Waals surface area contributed by atoms with Crippen LogP contribution in [0.15, 0.2) is 95.9 Å². The van der Waals surface area contributed by atoms with E-state index in [4.69, 9.17) is 4.74 Å². The topological polar surface area (TPSA) is 84.5 Å². The minimum Gasteiger partial charge on any atom is -0.497 e. The van der Waals surface area contributed by atoms with E-state index in [1.165, 1.54) is 6.07 Å². The van der Waals surface area contributed by atoms with Crippen molar-refractivity contribution in [1.82, 2.24) is 0 Å². The summed E-state index contributed by atoms with van der Waals surface area (Å²) in [5, 5.41) is 4.07. The molecule has 0 atom stereocenters. The minimum atomic E-state index is -3.86. The number of hydrogen-bond acceptors (Lipinski definition) is 4.